The average molecular weight is 290 g/mol. The first kappa shape index (κ1) is 16.3. The molecule has 0 saturated carbocycles. The Morgan fingerprint density at radius 3 is 2.62 bits per heavy atom. The van der Waals surface area contributed by atoms with Crippen molar-refractivity contribution in [2.45, 2.75) is 58.4 Å². The van der Waals surface area contributed by atoms with Crippen LogP contribution in [0.1, 0.15) is 52.4 Å². The van der Waals surface area contributed by atoms with Crippen LogP contribution in [0.2, 0.25) is 0 Å². The van der Waals surface area contributed by atoms with E-state index in [4.69, 9.17) is 0 Å². The first-order valence-electron chi connectivity index (χ1n) is 8.62. The van der Waals surface area contributed by atoms with Gasteiger partial charge in [-0.1, -0.05) is 31.6 Å². The van der Waals surface area contributed by atoms with Gasteiger partial charge in [0.25, 0.3) is 5.91 Å². The maximum atomic E-state index is 12.8. The van der Waals surface area contributed by atoms with Gasteiger partial charge in [0.05, 0.1) is 0 Å². The Morgan fingerprint density at radius 2 is 1.95 bits per heavy atom. The molecule has 3 heteroatoms. The van der Waals surface area contributed by atoms with Crippen LogP contribution in [0, 0.1) is 0 Å². The molecule has 21 heavy (non-hydrogen) atoms. The van der Waals surface area contributed by atoms with E-state index in [-0.39, 0.29) is 5.91 Å². The highest BCUT2D eigenvalue weighted by molar-refractivity contribution is 5.96. The molecule has 0 aromatic rings. The lowest BCUT2D eigenvalue weighted by Gasteiger charge is -2.29. The fraction of sp³-hybridized carbons (Fsp3) is 0.722. The van der Waals surface area contributed by atoms with Crippen molar-refractivity contribution >= 4 is 5.91 Å². The highest BCUT2D eigenvalue weighted by Gasteiger charge is 2.31. The van der Waals surface area contributed by atoms with Crippen LogP contribution >= 0.6 is 0 Å². The number of hydrogen-bond acceptors (Lipinski definition) is 2. The summed E-state index contributed by atoms with van der Waals surface area (Å²) >= 11 is 0. The Labute approximate surface area is 129 Å². The van der Waals surface area contributed by atoms with Crippen LogP contribution in [-0.4, -0.2) is 47.9 Å². The molecule has 0 radical (unpaired) electrons. The molecule has 2 aliphatic heterocycles. The number of carbonyl (C=O) groups is 1. The van der Waals surface area contributed by atoms with Gasteiger partial charge in [-0.05, 0) is 52.1 Å². The Morgan fingerprint density at radius 1 is 1.19 bits per heavy atom. The molecular weight excluding hydrogens is 260 g/mol. The number of carbonyl (C=O) groups excluding carboxylic acids is 1. The highest BCUT2D eigenvalue weighted by atomic mass is 16.2. The molecule has 0 aromatic heterocycles. The van der Waals surface area contributed by atoms with Crippen molar-refractivity contribution in [3.8, 4) is 0 Å². The standard InChI is InChI=1S/C18H30N2O/c1-3-5-10-16(9-4-2)18(21)20-14-8-11-17(20)15-19-12-6-7-13-19/h4,9-10,17H,3,5-8,11-15H2,1-2H3/b9-4-,16-10+/t17-/m0/s1. The molecule has 0 aliphatic carbocycles. The van der Waals surface area contributed by atoms with Crippen molar-refractivity contribution < 1.29 is 4.79 Å². The molecule has 0 spiro atoms. The molecule has 1 atom stereocenters. The van der Waals surface area contributed by atoms with E-state index < -0.39 is 0 Å². The summed E-state index contributed by atoms with van der Waals surface area (Å²) in [6.07, 6.45) is 13.1. The monoisotopic (exact) mass is 290 g/mol. The number of likely N-dealkylation sites (tertiary alicyclic amines) is 2. The summed E-state index contributed by atoms with van der Waals surface area (Å²) in [7, 11) is 0. The van der Waals surface area contributed by atoms with Crippen molar-refractivity contribution in [3.63, 3.8) is 0 Å². The second-order valence-corrected chi connectivity index (χ2v) is 6.25. The molecule has 2 saturated heterocycles. The summed E-state index contributed by atoms with van der Waals surface area (Å²) in [5.74, 6) is 0.239. The lowest BCUT2D eigenvalue weighted by Crippen LogP contribution is -2.43. The largest absolute Gasteiger partial charge is 0.334 e. The fourth-order valence-electron chi connectivity index (χ4n) is 3.43. The Kier molecular flexibility index (Phi) is 6.50. The molecule has 2 fully saturated rings. The van der Waals surface area contributed by atoms with Gasteiger partial charge in [-0.3, -0.25) is 4.79 Å². The molecule has 0 N–H and O–H groups in total. The SMILES string of the molecule is C/C=C\C(=C/CCC)C(=O)N1CCC[C@H]1CN1CCCC1. The van der Waals surface area contributed by atoms with Gasteiger partial charge in [-0.2, -0.15) is 0 Å². The van der Waals surface area contributed by atoms with E-state index >= 15 is 0 Å². The van der Waals surface area contributed by atoms with E-state index in [2.05, 4.69) is 22.8 Å². The summed E-state index contributed by atoms with van der Waals surface area (Å²) in [5, 5.41) is 0. The van der Waals surface area contributed by atoms with Crippen LogP contribution in [-0.2, 0) is 4.79 Å². The Balaban J connectivity index is 2.00. The van der Waals surface area contributed by atoms with Gasteiger partial charge in [0.2, 0.25) is 0 Å². The maximum absolute atomic E-state index is 12.8. The summed E-state index contributed by atoms with van der Waals surface area (Å²) in [5.41, 5.74) is 0.882. The van der Waals surface area contributed by atoms with E-state index in [0.29, 0.717) is 6.04 Å². The van der Waals surface area contributed by atoms with Crippen LogP contribution in [0.15, 0.2) is 23.8 Å². The molecule has 3 nitrogen and oxygen atoms in total. The van der Waals surface area contributed by atoms with Gasteiger partial charge in [0.15, 0.2) is 0 Å². The number of hydrogen-bond donors (Lipinski definition) is 0. The zero-order valence-corrected chi connectivity index (χ0v) is 13.7. The van der Waals surface area contributed by atoms with E-state index in [1.807, 2.05) is 19.1 Å². The number of rotatable bonds is 6. The van der Waals surface area contributed by atoms with Gasteiger partial charge in [-0.25, -0.2) is 0 Å². The minimum Gasteiger partial charge on any atom is -0.334 e. The third-order valence-electron chi connectivity index (χ3n) is 4.55. The van der Waals surface area contributed by atoms with Crippen LogP contribution in [0.5, 0.6) is 0 Å². The number of nitrogens with zero attached hydrogens (tertiary/aromatic N) is 2. The van der Waals surface area contributed by atoms with Crippen LogP contribution in [0.25, 0.3) is 0 Å². The molecule has 2 heterocycles. The summed E-state index contributed by atoms with van der Waals surface area (Å²) in [4.78, 5) is 17.5. The van der Waals surface area contributed by atoms with Crippen molar-refractivity contribution in [1.82, 2.24) is 9.80 Å². The van der Waals surface area contributed by atoms with Crippen molar-refractivity contribution in [1.29, 1.82) is 0 Å². The van der Waals surface area contributed by atoms with Gasteiger partial charge in [0.1, 0.15) is 0 Å². The second-order valence-electron chi connectivity index (χ2n) is 6.25. The predicted octanol–water partition coefficient (Wildman–Crippen LogP) is 3.38. The zero-order valence-electron chi connectivity index (χ0n) is 13.7. The van der Waals surface area contributed by atoms with Crippen LogP contribution in [0.3, 0.4) is 0 Å². The molecule has 0 aromatic carbocycles. The van der Waals surface area contributed by atoms with Crippen LogP contribution in [0.4, 0.5) is 0 Å². The minimum absolute atomic E-state index is 0.239. The topological polar surface area (TPSA) is 23.6 Å². The fourth-order valence-corrected chi connectivity index (χ4v) is 3.43. The average Bonchev–Trinajstić information content (AvgIpc) is 3.15. The van der Waals surface area contributed by atoms with E-state index in [1.54, 1.807) is 0 Å². The normalized spacial score (nSPS) is 24.4. The Hall–Kier alpha value is -1.09. The van der Waals surface area contributed by atoms with Gasteiger partial charge in [0, 0.05) is 24.7 Å². The van der Waals surface area contributed by atoms with E-state index in [1.165, 1.54) is 32.4 Å². The minimum atomic E-state index is 0.239. The highest BCUT2D eigenvalue weighted by Crippen LogP contribution is 2.22. The van der Waals surface area contributed by atoms with E-state index in [0.717, 1.165) is 37.9 Å². The molecule has 2 rings (SSSR count). The van der Waals surface area contributed by atoms with Gasteiger partial charge >= 0.3 is 0 Å². The first-order valence-corrected chi connectivity index (χ1v) is 8.62. The zero-order chi connectivity index (χ0) is 15.1. The quantitative estimate of drug-likeness (QED) is 0.553. The number of unbranched alkanes of at least 4 members (excludes halogenated alkanes) is 1. The lowest BCUT2D eigenvalue weighted by atomic mass is 10.1. The van der Waals surface area contributed by atoms with Crippen molar-refractivity contribution in [2.75, 3.05) is 26.2 Å². The summed E-state index contributed by atoms with van der Waals surface area (Å²) in [6, 6.07) is 0.422. The molecule has 118 valence electrons. The molecule has 0 unspecified atom stereocenters. The summed E-state index contributed by atoms with van der Waals surface area (Å²) in [6.45, 7) is 8.57. The number of amides is 1. The first-order chi connectivity index (χ1) is 10.3. The number of allylic oxidation sites excluding steroid dienone is 2. The van der Waals surface area contributed by atoms with Crippen molar-refractivity contribution in [3.05, 3.63) is 23.8 Å². The van der Waals surface area contributed by atoms with Gasteiger partial charge < -0.3 is 9.80 Å². The third kappa shape index (κ3) is 4.44. The molecule has 0 bridgehead atoms. The maximum Gasteiger partial charge on any atom is 0.253 e. The van der Waals surface area contributed by atoms with E-state index in [9.17, 15) is 4.79 Å². The Bertz CT molecular complexity index is 394. The summed E-state index contributed by atoms with van der Waals surface area (Å²) < 4.78 is 0. The van der Waals surface area contributed by atoms with Crippen LogP contribution < -0.4 is 0 Å². The second kappa shape index (κ2) is 8.38. The molecule has 1 amide bonds. The molecular formula is C18H30N2O. The lowest BCUT2D eigenvalue weighted by molar-refractivity contribution is -0.127. The van der Waals surface area contributed by atoms with Crippen molar-refractivity contribution in [2.24, 2.45) is 0 Å². The molecule has 2 aliphatic rings. The predicted molar refractivity (Wildman–Crippen MR) is 88.2 cm³/mol. The van der Waals surface area contributed by atoms with Gasteiger partial charge in [-0.15, -0.1) is 0 Å². The third-order valence-corrected chi connectivity index (χ3v) is 4.55. The smallest absolute Gasteiger partial charge is 0.253 e.